The molecule has 1 N–H and O–H groups in total. The maximum absolute atomic E-state index is 10.6. The van der Waals surface area contributed by atoms with E-state index in [9.17, 15) is 13.2 Å². The van der Waals surface area contributed by atoms with Crippen molar-refractivity contribution < 1.29 is 32.4 Å². The van der Waals surface area contributed by atoms with Gasteiger partial charge in [-0.15, -0.1) is 0 Å². The third kappa shape index (κ3) is 48.9. The standard InChI is InChI=1S/C2H3F3O.B.3FH/c3-1-2(4,5)6;;;;/h6H,1H2;;3*1H/q;+3;;;/p-3. The van der Waals surface area contributed by atoms with Gasteiger partial charge in [0.1, 0.15) is 0 Å². The van der Waals surface area contributed by atoms with Crippen molar-refractivity contribution in [2.24, 2.45) is 0 Å². The second-order valence-corrected chi connectivity index (χ2v) is 0.799. The first-order valence-electron chi connectivity index (χ1n) is 1.22. The second-order valence-electron chi connectivity index (χ2n) is 0.799. The summed E-state index contributed by atoms with van der Waals surface area (Å²) in [6.45, 7) is -2.01. The number of hydrogen-bond acceptors (Lipinski definition) is 1. The molecule has 0 saturated carbocycles. The van der Waals surface area contributed by atoms with E-state index in [1.165, 1.54) is 0 Å². The van der Waals surface area contributed by atoms with Gasteiger partial charge in [-0.3, -0.25) is 0 Å². The first kappa shape index (κ1) is 33.5. The predicted octanol–water partition coefficient (Wildman–Crippen LogP) is -8.83. The van der Waals surface area contributed by atoms with Gasteiger partial charge in [0.15, 0.2) is 6.67 Å². The number of rotatable bonds is 1. The van der Waals surface area contributed by atoms with E-state index in [0.717, 1.165) is 0 Å². The van der Waals surface area contributed by atoms with E-state index in [0.29, 0.717) is 0 Å². The van der Waals surface area contributed by atoms with Crippen LogP contribution in [-0.2, 0) is 0 Å². The molecule has 0 unspecified atom stereocenters. The van der Waals surface area contributed by atoms with Gasteiger partial charge in [0.2, 0.25) is 0 Å². The van der Waals surface area contributed by atoms with Gasteiger partial charge >= 0.3 is 14.5 Å². The quantitative estimate of drug-likeness (QED) is 0.304. The second kappa shape index (κ2) is 11.4. The van der Waals surface area contributed by atoms with Crippen molar-refractivity contribution >= 4 is 8.41 Å². The van der Waals surface area contributed by atoms with E-state index in [1.54, 1.807) is 0 Å². The molecule has 0 aromatic carbocycles. The molecule has 8 heteroatoms. The smallest absolute Gasteiger partial charge is 1.00 e. The van der Waals surface area contributed by atoms with Gasteiger partial charge < -0.3 is 19.2 Å². The first-order chi connectivity index (χ1) is 2.56. The van der Waals surface area contributed by atoms with Gasteiger partial charge in [0, 0.05) is 0 Å². The molecule has 0 aliphatic rings. The zero-order valence-corrected chi connectivity index (χ0v) is 4.50. The topological polar surface area (TPSA) is 20.2 Å². The molecular weight excluding hydrogens is 165 g/mol. The molecule has 0 aromatic rings. The minimum absolute atomic E-state index is 0. The van der Waals surface area contributed by atoms with Gasteiger partial charge in [-0.1, -0.05) is 0 Å². The molecule has 0 aliphatic carbocycles. The third-order valence-corrected chi connectivity index (χ3v) is 0.161. The van der Waals surface area contributed by atoms with Crippen molar-refractivity contribution in [2.75, 3.05) is 6.67 Å². The van der Waals surface area contributed by atoms with E-state index >= 15 is 0 Å². The molecule has 0 saturated heterocycles. The average Bonchev–Trinajstić information content (AvgIpc) is 1.35. The van der Waals surface area contributed by atoms with E-state index in [1.807, 2.05) is 0 Å². The van der Waals surface area contributed by atoms with Crippen molar-refractivity contribution in [3.05, 3.63) is 0 Å². The van der Waals surface area contributed by atoms with Crippen LogP contribution in [0, 0.1) is 0 Å². The van der Waals surface area contributed by atoms with Gasteiger partial charge in [-0.2, -0.15) is 8.78 Å². The number of aliphatic hydroxyl groups is 1. The van der Waals surface area contributed by atoms with Crippen LogP contribution in [0.1, 0.15) is 0 Å². The van der Waals surface area contributed by atoms with Gasteiger partial charge in [-0.25, -0.2) is 4.39 Å². The van der Waals surface area contributed by atoms with Crippen LogP contribution in [0.25, 0.3) is 0 Å². The van der Waals surface area contributed by atoms with Crippen LogP contribution >= 0.6 is 0 Å². The summed E-state index contributed by atoms with van der Waals surface area (Å²) in [7, 11) is 0. The molecule has 0 aliphatic heterocycles. The minimum Gasteiger partial charge on any atom is -1.00 e. The molecule has 0 heterocycles. The fraction of sp³-hybridized carbons (Fsp3) is 1.00. The monoisotopic (exact) mass is 168 g/mol. The van der Waals surface area contributed by atoms with Crippen LogP contribution in [0.2, 0.25) is 0 Å². The fourth-order valence-electron chi connectivity index (χ4n) is 0. The van der Waals surface area contributed by atoms with E-state index in [-0.39, 0.29) is 22.5 Å². The zero-order valence-electron chi connectivity index (χ0n) is 4.50. The molecular formula is C2H3BF6O. The zero-order chi connectivity index (χ0) is 5.21. The normalized spacial score (nSPS) is 7.20. The molecule has 0 fully saturated rings. The number of alkyl halides is 3. The Morgan fingerprint density at radius 1 is 1.10 bits per heavy atom. The Morgan fingerprint density at radius 3 is 1.20 bits per heavy atom. The molecule has 0 bridgehead atoms. The summed E-state index contributed by atoms with van der Waals surface area (Å²) < 4.78 is 31.8. The Balaban J connectivity index is -0.0000000208. The molecule has 0 rings (SSSR count). The predicted molar refractivity (Wildman–Crippen MR) is 18.9 cm³/mol. The van der Waals surface area contributed by atoms with E-state index < -0.39 is 12.8 Å². The summed E-state index contributed by atoms with van der Waals surface area (Å²) in [6, 6.07) is 0. The van der Waals surface area contributed by atoms with Crippen molar-refractivity contribution in [3.8, 4) is 0 Å². The molecule has 0 amide bonds. The maximum Gasteiger partial charge on any atom is 3.00 e. The first-order valence-corrected chi connectivity index (χ1v) is 1.22. The van der Waals surface area contributed by atoms with Crippen molar-refractivity contribution in [2.45, 2.75) is 6.11 Å². The Bertz CT molecular complexity index is 45.5. The summed E-state index contributed by atoms with van der Waals surface area (Å²) in [5.74, 6) is 0. The van der Waals surface area contributed by atoms with Crippen LogP contribution in [0.3, 0.4) is 0 Å². The Labute approximate surface area is 54.9 Å². The summed E-state index contributed by atoms with van der Waals surface area (Å²) in [5, 5.41) is 7.12. The Hall–Kier alpha value is -0.395. The van der Waals surface area contributed by atoms with Gasteiger partial charge in [0.25, 0.3) is 0 Å². The largest absolute Gasteiger partial charge is 3.00 e. The summed E-state index contributed by atoms with van der Waals surface area (Å²) in [6.07, 6.45) is -4.12. The van der Waals surface area contributed by atoms with Crippen LogP contribution in [-0.4, -0.2) is 26.3 Å². The van der Waals surface area contributed by atoms with E-state index in [4.69, 9.17) is 5.11 Å². The summed E-state index contributed by atoms with van der Waals surface area (Å²) >= 11 is 0. The van der Waals surface area contributed by atoms with Crippen LogP contribution in [0.5, 0.6) is 0 Å². The third-order valence-electron chi connectivity index (χ3n) is 0.161. The maximum atomic E-state index is 10.6. The van der Waals surface area contributed by atoms with Crippen molar-refractivity contribution in [3.63, 3.8) is 0 Å². The Morgan fingerprint density at radius 2 is 1.20 bits per heavy atom. The van der Waals surface area contributed by atoms with E-state index in [2.05, 4.69) is 0 Å². The minimum atomic E-state index is -4.12. The van der Waals surface area contributed by atoms with Crippen LogP contribution in [0.15, 0.2) is 0 Å². The molecule has 62 valence electrons. The molecule has 0 aromatic heterocycles. The fourth-order valence-corrected chi connectivity index (χ4v) is 0. The van der Waals surface area contributed by atoms with Gasteiger partial charge in [0.05, 0.1) is 0 Å². The molecule has 0 atom stereocenters. The summed E-state index contributed by atoms with van der Waals surface area (Å²) in [5.41, 5.74) is 0. The molecule has 0 radical (unpaired) electrons. The van der Waals surface area contributed by atoms with Crippen LogP contribution in [0.4, 0.5) is 13.2 Å². The van der Waals surface area contributed by atoms with Crippen molar-refractivity contribution in [1.29, 1.82) is 0 Å². The summed E-state index contributed by atoms with van der Waals surface area (Å²) in [4.78, 5) is 0. The number of hydrogen-bond donors (Lipinski definition) is 1. The molecule has 10 heavy (non-hydrogen) atoms. The number of halogens is 6. The molecule has 0 spiro atoms. The molecule has 1 nitrogen and oxygen atoms in total. The van der Waals surface area contributed by atoms with Crippen molar-refractivity contribution in [1.82, 2.24) is 0 Å². The SMILES string of the molecule is OC(F)(F)CF.[B+3].[F-].[F-].[F-]. The van der Waals surface area contributed by atoms with Gasteiger partial charge in [-0.05, 0) is 0 Å². The van der Waals surface area contributed by atoms with Crippen LogP contribution < -0.4 is 14.1 Å². The Kier molecular flexibility index (Phi) is 38.3. The average molecular weight is 168 g/mol.